The minimum absolute atomic E-state index is 0.0769. The largest absolute Gasteiger partial charge is 0.497 e. The first kappa shape index (κ1) is 28.7. The van der Waals surface area contributed by atoms with E-state index in [4.69, 9.17) is 16.3 Å². The van der Waals surface area contributed by atoms with E-state index >= 15 is 4.39 Å². The third-order valence-electron chi connectivity index (χ3n) is 7.27. The predicted molar refractivity (Wildman–Crippen MR) is 140 cm³/mol. The van der Waals surface area contributed by atoms with Crippen molar-refractivity contribution >= 4 is 28.5 Å². The normalized spacial score (nSPS) is 15.9. The Morgan fingerprint density at radius 2 is 1.97 bits per heavy atom. The topological polar surface area (TPSA) is 62.7 Å². The van der Waals surface area contributed by atoms with Gasteiger partial charge in [-0.05, 0) is 68.5 Å². The van der Waals surface area contributed by atoms with Crippen molar-refractivity contribution in [3.63, 3.8) is 0 Å². The molecule has 1 aliphatic heterocycles. The van der Waals surface area contributed by atoms with Crippen LogP contribution in [0, 0.1) is 34.7 Å². The van der Waals surface area contributed by atoms with Crippen LogP contribution in [0.2, 0.25) is 5.02 Å². The first-order chi connectivity index (χ1) is 18.6. The van der Waals surface area contributed by atoms with Crippen molar-refractivity contribution in [2.75, 3.05) is 26.7 Å². The second-order valence-electron chi connectivity index (χ2n) is 9.81. The highest BCUT2D eigenvalue weighted by Crippen LogP contribution is 2.44. The molecule has 0 spiro atoms. The number of alkyl halides is 1. The van der Waals surface area contributed by atoms with Gasteiger partial charge in [-0.15, -0.1) is 0 Å². The van der Waals surface area contributed by atoms with Crippen molar-refractivity contribution in [1.82, 2.24) is 9.88 Å². The van der Waals surface area contributed by atoms with Gasteiger partial charge in [0.25, 0.3) is 0 Å². The molecule has 1 fully saturated rings. The number of rotatable bonds is 8. The molecule has 206 valence electrons. The van der Waals surface area contributed by atoms with Crippen LogP contribution in [0.4, 0.5) is 17.6 Å². The Balaban J connectivity index is 1.44. The molecular formula is C29H27ClF4N2O3. The quantitative estimate of drug-likeness (QED) is 0.188. The lowest BCUT2D eigenvalue weighted by Gasteiger charge is -2.41. The van der Waals surface area contributed by atoms with Crippen LogP contribution >= 0.6 is 11.6 Å². The lowest BCUT2D eigenvalue weighted by atomic mass is 9.71. The highest BCUT2D eigenvalue weighted by atomic mass is 35.5. The number of hydrogen-bond donors (Lipinski definition) is 1. The number of hydrogen-bond acceptors (Lipinski definition) is 4. The predicted octanol–water partition coefficient (Wildman–Crippen LogP) is 6.71. The average Bonchev–Trinajstić information content (AvgIpc) is 2.90. The second-order valence-corrected chi connectivity index (χ2v) is 10.2. The molecule has 0 aliphatic carbocycles. The summed E-state index contributed by atoms with van der Waals surface area (Å²) in [6.07, 6.45) is 1.27. The summed E-state index contributed by atoms with van der Waals surface area (Å²) in [5, 5.41) is 10.3. The van der Waals surface area contributed by atoms with Gasteiger partial charge in [-0.3, -0.25) is 14.7 Å². The van der Waals surface area contributed by atoms with E-state index in [9.17, 15) is 23.1 Å². The van der Waals surface area contributed by atoms with Gasteiger partial charge in [0.05, 0.1) is 36.2 Å². The molecule has 2 heterocycles. The summed E-state index contributed by atoms with van der Waals surface area (Å²) in [7, 11) is 1.51. The van der Waals surface area contributed by atoms with Gasteiger partial charge < -0.3 is 9.84 Å². The zero-order valence-corrected chi connectivity index (χ0v) is 22.0. The van der Waals surface area contributed by atoms with Crippen molar-refractivity contribution in [2.24, 2.45) is 5.41 Å². The number of aromatic nitrogens is 1. The highest BCUT2D eigenvalue weighted by molar-refractivity contribution is 6.32. The number of piperidine rings is 1. The maximum atomic E-state index is 15.7. The molecule has 1 unspecified atom stereocenters. The number of benzene rings is 2. The monoisotopic (exact) mass is 562 g/mol. The first-order valence-electron chi connectivity index (χ1n) is 12.4. The fourth-order valence-corrected chi connectivity index (χ4v) is 5.37. The molecule has 5 nitrogen and oxygen atoms in total. The first-order valence-corrected chi connectivity index (χ1v) is 12.8. The zero-order chi connectivity index (χ0) is 28.2. The van der Waals surface area contributed by atoms with Crippen molar-refractivity contribution < 1.29 is 32.2 Å². The number of halogens is 5. The van der Waals surface area contributed by atoms with Gasteiger partial charge in [-0.25, -0.2) is 17.6 Å². The molecule has 0 saturated carbocycles. The van der Waals surface area contributed by atoms with E-state index in [2.05, 4.69) is 16.8 Å². The number of fused-ring (bicyclic) bond motifs is 1. The minimum atomic E-state index is -1.44. The lowest BCUT2D eigenvalue weighted by molar-refractivity contribution is -0.141. The zero-order valence-electron chi connectivity index (χ0n) is 21.2. The third-order valence-corrected chi connectivity index (χ3v) is 7.57. The second kappa shape index (κ2) is 12.2. The lowest BCUT2D eigenvalue weighted by Crippen LogP contribution is -2.41. The summed E-state index contributed by atoms with van der Waals surface area (Å²) in [6, 6.07) is 6.43. The number of methoxy groups -OCH3 is 1. The van der Waals surface area contributed by atoms with E-state index in [1.807, 2.05) is 4.90 Å². The Bertz CT molecular complexity index is 1430. The van der Waals surface area contributed by atoms with Crippen molar-refractivity contribution in [3.05, 3.63) is 70.1 Å². The van der Waals surface area contributed by atoms with Gasteiger partial charge in [0.2, 0.25) is 0 Å². The summed E-state index contributed by atoms with van der Waals surface area (Å²) >= 11 is 6.35. The Kier molecular flexibility index (Phi) is 8.98. The summed E-state index contributed by atoms with van der Waals surface area (Å²) in [6.45, 7) is 1.21. The molecule has 0 bridgehead atoms. The molecule has 2 aromatic carbocycles. The van der Waals surface area contributed by atoms with E-state index in [0.717, 1.165) is 6.07 Å². The summed E-state index contributed by atoms with van der Waals surface area (Å²) in [4.78, 5) is 17.9. The molecule has 0 amide bonds. The van der Waals surface area contributed by atoms with E-state index < -0.39 is 35.0 Å². The number of nitrogens with zero attached hydrogens (tertiary/aromatic N) is 2. The van der Waals surface area contributed by atoms with Crippen LogP contribution in [-0.4, -0.2) is 47.7 Å². The highest BCUT2D eigenvalue weighted by Gasteiger charge is 2.37. The SMILES string of the molecule is COc1ccc2ncc(Cl)c(C(F)CCC3(CC(=O)O)CCN(CC#Cc4cc(F)cc(F)c4F)CC3)c2c1. The Morgan fingerprint density at radius 1 is 1.23 bits per heavy atom. The van der Waals surface area contributed by atoms with Crippen LogP contribution in [0.3, 0.4) is 0 Å². The van der Waals surface area contributed by atoms with E-state index in [0.29, 0.717) is 60.6 Å². The van der Waals surface area contributed by atoms with Gasteiger partial charge in [0.1, 0.15) is 17.7 Å². The molecule has 0 radical (unpaired) electrons. The van der Waals surface area contributed by atoms with Crippen LogP contribution in [0.1, 0.15) is 49.4 Å². The molecule has 1 aromatic heterocycles. The number of aliphatic carboxylic acids is 1. The minimum Gasteiger partial charge on any atom is -0.497 e. The number of likely N-dealkylation sites (tertiary alicyclic amines) is 1. The molecule has 39 heavy (non-hydrogen) atoms. The number of pyridine rings is 1. The fraction of sp³-hybridized carbons (Fsp3) is 0.379. The third kappa shape index (κ3) is 6.81. The maximum absolute atomic E-state index is 15.7. The molecule has 4 rings (SSSR count). The van der Waals surface area contributed by atoms with Crippen LogP contribution in [0.15, 0.2) is 36.5 Å². The van der Waals surface area contributed by atoms with Gasteiger partial charge in [0.15, 0.2) is 11.6 Å². The van der Waals surface area contributed by atoms with Gasteiger partial charge in [-0.1, -0.05) is 23.4 Å². The van der Waals surface area contributed by atoms with Gasteiger partial charge in [0, 0.05) is 23.2 Å². The molecule has 10 heteroatoms. The molecule has 1 atom stereocenters. The van der Waals surface area contributed by atoms with Crippen molar-refractivity contribution in [1.29, 1.82) is 0 Å². The van der Waals surface area contributed by atoms with Crippen molar-refractivity contribution in [2.45, 2.75) is 38.3 Å². The number of carboxylic acid groups (broad SMARTS) is 1. The fourth-order valence-electron chi connectivity index (χ4n) is 5.11. The summed E-state index contributed by atoms with van der Waals surface area (Å²) < 4.78 is 61.6. The number of carbonyl (C=O) groups is 1. The molecule has 1 aliphatic rings. The molecule has 1 saturated heterocycles. The Hall–Kier alpha value is -3.35. The van der Waals surface area contributed by atoms with Crippen LogP contribution < -0.4 is 4.74 Å². The van der Waals surface area contributed by atoms with Gasteiger partial charge in [-0.2, -0.15) is 0 Å². The smallest absolute Gasteiger partial charge is 0.303 e. The Labute approximate surface area is 228 Å². The molecule has 1 N–H and O–H groups in total. The van der Waals surface area contributed by atoms with Crippen LogP contribution in [0.25, 0.3) is 10.9 Å². The molecular weight excluding hydrogens is 536 g/mol. The van der Waals surface area contributed by atoms with E-state index in [-0.39, 0.29) is 30.0 Å². The maximum Gasteiger partial charge on any atom is 0.303 e. The van der Waals surface area contributed by atoms with Crippen LogP contribution in [-0.2, 0) is 4.79 Å². The average molecular weight is 563 g/mol. The van der Waals surface area contributed by atoms with Crippen LogP contribution in [0.5, 0.6) is 5.75 Å². The Morgan fingerprint density at radius 3 is 2.67 bits per heavy atom. The van der Waals surface area contributed by atoms with E-state index in [1.54, 1.807) is 18.2 Å². The van der Waals surface area contributed by atoms with Crippen molar-refractivity contribution in [3.8, 4) is 17.6 Å². The number of ether oxygens (including phenoxy) is 1. The van der Waals surface area contributed by atoms with Gasteiger partial charge >= 0.3 is 5.97 Å². The summed E-state index contributed by atoms with van der Waals surface area (Å²) in [5.41, 5.74) is -0.1000. The summed E-state index contributed by atoms with van der Waals surface area (Å²) in [5.74, 6) is 1.36. The molecule has 3 aromatic rings. The van der Waals surface area contributed by atoms with E-state index in [1.165, 1.54) is 13.3 Å². The standard InChI is InChI=1S/C29H27ClF4N2O3/c1-39-20-4-5-25-21(15-20)27(22(30)17-35-25)23(32)6-7-29(16-26(37)38)8-11-36(12-9-29)10-2-3-18-13-19(31)14-24(33)28(18)34/h4-5,13-15,17,23H,6-12,16H2,1H3,(H,37,38). The number of carboxylic acids is 1.